The molecule has 2 aliphatic rings. The smallest absolute Gasteiger partial charge is 0.157 e. The van der Waals surface area contributed by atoms with Gasteiger partial charge in [0, 0.05) is 6.04 Å². The lowest BCUT2D eigenvalue weighted by atomic mass is 9.88. The Morgan fingerprint density at radius 3 is 2.12 bits per heavy atom. The topological polar surface area (TPSA) is 60.2 Å². The average Bonchev–Trinajstić information content (AvgIpc) is 2.56. The Balaban J connectivity index is 2.16. The summed E-state index contributed by atoms with van der Waals surface area (Å²) in [5, 5.41) is -0.401. The van der Waals surface area contributed by atoms with Gasteiger partial charge in [-0.3, -0.25) is 0 Å². The van der Waals surface area contributed by atoms with Gasteiger partial charge in [-0.1, -0.05) is 33.1 Å². The van der Waals surface area contributed by atoms with Crippen molar-refractivity contribution in [3.63, 3.8) is 0 Å². The Morgan fingerprint density at radius 1 is 1.06 bits per heavy atom. The van der Waals surface area contributed by atoms with Crippen molar-refractivity contribution < 1.29 is 8.42 Å². The molecule has 0 bridgehead atoms. The van der Waals surface area contributed by atoms with Crippen molar-refractivity contribution in [2.45, 2.75) is 75.3 Å². The summed E-state index contributed by atoms with van der Waals surface area (Å²) in [6, 6.07) is -0.186. The monoisotopic (exact) mass is 259 g/mol. The quantitative estimate of drug-likeness (QED) is 0.827. The second-order valence-electron chi connectivity index (χ2n) is 6.44. The molecule has 17 heavy (non-hydrogen) atoms. The molecule has 2 N–H and O–H groups in total. The van der Waals surface area contributed by atoms with Crippen molar-refractivity contribution in [2.75, 3.05) is 0 Å². The van der Waals surface area contributed by atoms with Crippen molar-refractivity contribution in [1.82, 2.24) is 0 Å². The van der Waals surface area contributed by atoms with Gasteiger partial charge in [0.25, 0.3) is 0 Å². The molecule has 0 amide bonds. The Hall–Kier alpha value is -0.0900. The maximum Gasteiger partial charge on any atom is 0.157 e. The highest BCUT2D eigenvalue weighted by Gasteiger charge is 2.48. The fourth-order valence-electron chi connectivity index (χ4n) is 3.37. The van der Waals surface area contributed by atoms with E-state index in [-0.39, 0.29) is 22.0 Å². The number of nitrogens with two attached hydrogens (primary N) is 1. The standard InChI is InChI=1S/C13H25NO2S/c1-13(2)9-8-11(12(13)14)17(15,16)10-6-4-3-5-7-10/h10-12H,3-9,14H2,1-2H3. The van der Waals surface area contributed by atoms with Crippen molar-refractivity contribution >= 4 is 9.84 Å². The molecule has 0 spiro atoms. The van der Waals surface area contributed by atoms with Crippen LogP contribution in [0.15, 0.2) is 0 Å². The van der Waals surface area contributed by atoms with Gasteiger partial charge in [0.2, 0.25) is 0 Å². The van der Waals surface area contributed by atoms with Gasteiger partial charge in [0.15, 0.2) is 9.84 Å². The van der Waals surface area contributed by atoms with E-state index in [9.17, 15) is 8.42 Å². The first-order valence-electron chi connectivity index (χ1n) is 6.84. The van der Waals surface area contributed by atoms with Gasteiger partial charge in [-0.05, 0) is 31.1 Å². The van der Waals surface area contributed by atoms with Gasteiger partial charge in [0.05, 0.1) is 10.5 Å². The fourth-order valence-corrected chi connectivity index (χ4v) is 6.08. The van der Waals surface area contributed by atoms with E-state index in [0.29, 0.717) is 0 Å². The third kappa shape index (κ3) is 2.39. The van der Waals surface area contributed by atoms with Crippen molar-refractivity contribution in [1.29, 1.82) is 0 Å². The van der Waals surface area contributed by atoms with E-state index in [1.807, 2.05) is 0 Å². The average molecular weight is 259 g/mol. The molecule has 2 fully saturated rings. The Labute approximate surface area is 105 Å². The second-order valence-corrected chi connectivity index (χ2v) is 8.89. The second kappa shape index (κ2) is 4.54. The number of hydrogen-bond donors (Lipinski definition) is 1. The third-order valence-corrected chi connectivity index (χ3v) is 7.59. The molecule has 2 rings (SSSR count). The van der Waals surface area contributed by atoms with Crippen LogP contribution in [0.25, 0.3) is 0 Å². The van der Waals surface area contributed by atoms with Crippen molar-refractivity contribution in [2.24, 2.45) is 11.1 Å². The Bertz CT molecular complexity index is 369. The molecule has 0 saturated heterocycles. The van der Waals surface area contributed by atoms with Gasteiger partial charge >= 0.3 is 0 Å². The molecule has 2 saturated carbocycles. The highest BCUT2D eigenvalue weighted by molar-refractivity contribution is 7.92. The minimum atomic E-state index is -3.01. The predicted molar refractivity (Wildman–Crippen MR) is 70.6 cm³/mol. The molecule has 0 aromatic carbocycles. The van der Waals surface area contributed by atoms with Gasteiger partial charge in [-0.15, -0.1) is 0 Å². The summed E-state index contributed by atoms with van der Waals surface area (Å²) >= 11 is 0. The summed E-state index contributed by atoms with van der Waals surface area (Å²) in [6.07, 6.45) is 6.72. The minimum absolute atomic E-state index is 0.0214. The summed E-state index contributed by atoms with van der Waals surface area (Å²) in [4.78, 5) is 0. The largest absolute Gasteiger partial charge is 0.326 e. The number of hydrogen-bond acceptors (Lipinski definition) is 3. The van der Waals surface area contributed by atoms with E-state index >= 15 is 0 Å². The Morgan fingerprint density at radius 2 is 1.65 bits per heavy atom. The first-order chi connectivity index (χ1) is 7.86. The van der Waals surface area contributed by atoms with Gasteiger partial charge < -0.3 is 5.73 Å². The van der Waals surface area contributed by atoms with Crippen molar-refractivity contribution in [3.8, 4) is 0 Å². The van der Waals surface area contributed by atoms with Crippen LogP contribution in [0, 0.1) is 5.41 Å². The van der Waals surface area contributed by atoms with E-state index in [4.69, 9.17) is 5.73 Å². The molecule has 0 aliphatic heterocycles. The van der Waals surface area contributed by atoms with Crippen molar-refractivity contribution in [3.05, 3.63) is 0 Å². The van der Waals surface area contributed by atoms with Gasteiger partial charge in [-0.2, -0.15) is 0 Å². The maximum absolute atomic E-state index is 12.6. The highest BCUT2D eigenvalue weighted by Crippen LogP contribution is 2.41. The molecular weight excluding hydrogens is 234 g/mol. The lowest BCUT2D eigenvalue weighted by Gasteiger charge is -2.30. The third-order valence-electron chi connectivity index (χ3n) is 4.81. The van der Waals surface area contributed by atoms with Gasteiger partial charge in [-0.25, -0.2) is 8.42 Å². The zero-order chi connectivity index (χ0) is 12.7. The molecule has 0 aromatic rings. The van der Waals surface area contributed by atoms with E-state index in [2.05, 4.69) is 13.8 Å². The molecule has 2 unspecified atom stereocenters. The van der Waals surface area contributed by atoms with E-state index in [1.54, 1.807) is 0 Å². The minimum Gasteiger partial charge on any atom is -0.326 e. The van der Waals surface area contributed by atoms with Crippen LogP contribution in [0.4, 0.5) is 0 Å². The zero-order valence-electron chi connectivity index (χ0n) is 11.0. The van der Waals surface area contributed by atoms with Crippen LogP contribution in [0.1, 0.15) is 58.8 Å². The van der Waals surface area contributed by atoms with Crippen LogP contribution in [0.5, 0.6) is 0 Å². The summed E-state index contributed by atoms with van der Waals surface area (Å²) in [5.41, 5.74) is 6.15. The lowest BCUT2D eigenvalue weighted by molar-refractivity contribution is 0.331. The molecule has 0 heterocycles. The van der Waals surface area contributed by atoms with Crippen LogP contribution in [0.2, 0.25) is 0 Å². The molecule has 0 radical (unpaired) electrons. The lowest BCUT2D eigenvalue weighted by Crippen LogP contribution is -2.46. The van der Waals surface area contributed by atoms with Crippen LogP contribution < -0.4 is 5.73 Å². The van der Waals surface area contributed by atoms with Crippen LogP contribution >= 0.6 is 0 Å². The van der Waals surface area contributed by atoms with Crippen LogP contribution in [-0.2, 0) is 9.84 Å². The molecule has 100 valence electrons. The molecular formula is C13H25NO2S. The van der Waals surface area contributed by atoms with Crippen LogP contribution in [0.3, 0.4) is 0 Å². The normalized spacial score (nSPS) is 35.0. The fraction of sp³-hybridized carbons (Fsp3) is 1.00. The first kappa shape index (κ1) is 13.3. The highest BCUT2D eigenvalue weighted by atomic mass is 32.2. The zero-order valence-corrected chi connectivity index (χ0v) is 11.8. The maximum atomic E-state index is 12.6. The summed E-state index contributed by atoms with van der Waals surface area (Å²) in [6.45, 7) is 4.18. The molecule has 2 aliphatic carbocycles. The summed E-state index contributed by atoms with van der Waals surface area (Å²) < 4.78 is 25.2. The molecule has 3 nitrogen and oxygen atoms in total. The first-order valence-corrected chi connectivity index (χ1v) is 8.45. The van der Waals surface area contributed by atoms with E-state index in [0.717, 1.165) is 38.5 Å². The SMILES string of the molecule is CC1(C)CCC(S(=O)(=O)C2CCCCC2)C1N. The summed E-state index contributed by atoms with van der Waals surface area (Å²) in [7, 11) is -3.01. The Kier molecular flexibility index (Phi) is 3.56. The molecule has 4 heteroatoms. The predicted octanol–water partition coefficient (Wildman–Crippen LogP) is 2.25. The van der Waals surface area contributed by atoms with E-state index in [1.165, 1.54) is 6.42 Å². The van der Waals surface area contributed by atoms with E-state index < -0.39 is 9.84 Å². The van der Waals surface area contributed by atoms with Crippen LogP contribution in [-0.4, -0.2) is 25.0 Å². The number of rotatable bonds is 2. The molecule has 2 atom stereocenters. The number of sulfone groups is 1. The molecule has 0 aromatic heterocycles. The van der Waals surface area contributed by atoms with Gasteiger partial charge in [0.1, 0.15) is 0 Å². The summed E-state index contributed by atoms with van der Waals surface area (Å²) in [5.74, 6) is 0.